The Labute approximate surface area is 120 Å². The number of nitrogens with one attached hydrogen (secondary N) is 1. The maximum Gasteiger partial charge on any atom is 0.257 e. The fraction of sp³-hybridized carbons (Fsp3) is 0.214. The van der Waals surface area contributed by atoms with Crippen LogP contribution in [0.25, 0.3) is 0 Å². The molecular formula is C14H14N2O3S. The largest absolute Gasteiger partial charge is 0.380 e. The van der Waals surface area contributed by atoms with E-state index >= 15 is 0 Å². The molecule has 2 aromatic rings. The van der Waals surface area contributed by atoms with E-state index in [1.165, 1.54) is 18.3 Å². The van der Waals surface area contributed by atoms with E-state index in [0.29, 0.717) is 23.0 Å². The van der Waals surface area contributed by atoms with Crippen LogP contribution in [0.3, 0.4) is 0 Å². The zero-order valence-corrected chi connectivity index (χ0v) is 12.0. The molecule has 0 saturated heterocycles. The van der Waals surface area contributed by atoms with Crippen molar-refractivity contribution in [1.82, 2.24) is 4.98 Å². The Balaban J connectivity index is 2.05. The standard InChI is InChI=1S/C14H14N2O3S/c1-9(17)12-8-20-14(15-12)16-13(18)11-5-3-10(4-6-11)7-19-2/h3-6,8H,7H2,1-2H3,(H,15,16,18). The predicted octanol–water partition coefficient (Wildman–Crippen LogP) is 2.74. The van der Waals surface area contributed by atoms with Crippen LogP contribution in [0.15, 0.2) is 29.6 Å². The van der Waals surface area contributed by atoms with E-state index in [0.717, 1.165) is 5.56 Å². The van der Waals surface area contributed by atoms with Gasteiger partial charge in [0.05, 0.1) is 6.61 Å². The van der Waals surface area contributed by atoms with Gasteiger partial charge in [0.2, 0.25) is 0 Å². The molecule has 6 heteroatoms. The third-order valence-corrected chi connectivity index (χ3v) is 3.37. The highest BCUT2D eigenvalue weighted by molar-refractivity contribution is 7.14. The molecule has 1 heterocycles. The van der Waals surface area contributed by atoms with Crippen molar-refractivity contribution in [2.45, 2.75) is 13.5 Å². The minimum Gasteiger partial charge on any atom is -0.380 e. The second-order valence-electron chi connectivity index (χ2n) is 4.18. The van der Waals surface area contributed by atoms with Gasteiger partial charge in [0.15, 0.2) is 10.9 Å². The lowest BCUT2D eigenvalue weighted by Crippen LogP contribution is -2.12. The number of hydrogen-bond acceptors (Lipinski definition) is 5. The van der Waals surface area contributed by atoms with Gasteiger partial charge in [-0.05, 0) is 17.7 Å². The summed E-state index contributed by atoms with van der Waals surface area (Å²) in [6.45, 7) is 1.95. The summed E-state index contributed by atoms with van der Waals surface area (Å²) in [5.74, 6) is -0.371. The first-order valence-corrected chi connectivity index (χ1v) is 6.84. The summed E-state index contributed by atoms with van der Waals surface area (Å²) in [6, 6.07) is 7.12. The Hall–Kier alpha value is -2.05. The summed E-state index contributed by atoms with van der Waals surface area (Å²) in [6.07, 6.45) is 0. The van der Waals surface area contributed by atoms with E-state index in [1.54, 1.807) is 24.6 Å². The van der Waals surface area contributed by atoms with Crippen LogP contribution in [0.1, 0.15) is 33.3 Å². The minimum absolute atomic E-state index is 0.120. The number of hydrogen-bond donors (Lipinski definition) is 1. The number of aromatic nitrogens is 1. The average Bonchev–Trinajstić information content (AvgIpc) is 2.88. The number of methoxy groups -OCH3 is 1. The highest BCUT2D eigenvalue weighted by Gasteiger charge is 2.10. The van der Waals surface area contributed by atoms with Gasteiger partial charge >= 0.3 is 0 Å². The highest BCUT2D eigenvalue weighted by Crippen LogP contribution is 2.17. The molecule has 0 bridgehead atoms. The van der Waals surface area contributed by atoms with Crippen molar-refractivity contribution in [3.05, 3.63) is 46.5 Å². The van der Waals surface area contributed by atoms with Crippen LogP contribution in [0.5, 0.6) is 0 Å². The number of ether oxygens (including phenoxy) is 1. The lowest BCUT2D eigenvalue weighted by molar-refractivity contribution is 0.100. The van der Waals surface area contributed by atoms with Crippen LogP contribution in [-0.4, -0.2) is 23.8 Å². The van der Waals surface area contributed by atoms with Gasteiger partial charge in [0.1, 0.15) is 5.69 Å². The molecule has 104 valence electrons. The predicted molar refractivity (Wildman–Crippen MR) is 77.2 cm³/mol. The quantitative estimate of drug-likeness (QED) is 0.860. The van der Waals surface area contributed by atoms with E-state index in [4.69, 9.17) is 4.74 Å². The summed E-state index contributed by atoms with van der Waals surface area (Å²) in [7, 11) is 1.62. The second kappa shape index (κ2) is 6.40. The first kappa shape index (κ1) is 14.4. The number of Topliss-reactive ketones (excluding diaryl/α,β-unsaturated/α-hetero) is 1. The maximum atomic E-state index is 12.0. The van der Waals surface area contributed by atoms with E-state index in [-0.39, 0.29) is 11.7 Å². The number of ketones is 1. The first-order valence-electron chi connectivity index (χ1n) is 5.96. The van der Waals surface area contributed by atoms with Crippen LogP contribution < -0.4 is 5.32 Å². The van der Waals surface area contributed by atoms with Gasteiger partial charge < -0.3 is 4.74 Å². The molecule has 1 aromatic heterocycles. The lowest BCUT2D eigenvalue weighted by Gasteiger charge is -2.03. The van der Waals surface area contributed by atoms with Gasteiger partial charge in [0, 0.05) is 25.0 Å². The van der Waals surface area contributed by atoms with Crippen molar-refractivity contribution >= 4 is 28.2 Å². The van der Waals surface area contributed by atoms with Crippen LogP contribution in [0.2, 0.25) is 0 Å². The van der Waals surface area contributed by atoms with Crippen molar-refractivity contribution in [3.63, 3.8) is 0 Å². The molecule has 0 atom stereocenters. The molecular weight excluding hydrogens is 276 g/mol. The monoisotopic (exact) mass is 290 g/mol. The van der Waals surface area contributed by atoms with E-state index in [9.17, 15) is 9.59 Å². The molecule has 1 N–H and O–H groups in total. The summed E-state index contributed by atoms with van der Waals surface area (Å²) in [5, 5.41) is 4.71. The molecule has 0 radical (unpaired) electrons. The summed E-state index contributed by atoms with van der Waals surface area (Å²) in [5.41, 5.74) is 1.89. The van der Waals surface area contributed by atoms with E-state index in [2.05, 4.69) is 10.3 Å². The van der Waals surface area contributed by atoms with Crippen molar-refractivity contribution in [2.75, 3.05) is 12.4 Å². The number of thiazole rings is 1. The fourth-order valence-electron chi connectivity index (χ4n) is 1.58. The lowest BCUT2D eigenvalue weighted by atomic mass is 10.1. The normalized spacial score (nSPS) is 10.3. The third kappa shape index (κ3) is 3.49. The van der Waals surface area contributed by atoms with Gasteiger partial charge in [-0.1, -0.05) is 12.1 Å². The second-order valence-corrected chi connectivity index (χ2v) is 5.04. The number of rotatable bonds is 5. The van der Waals surface area contributed by atoms with Crippen LogP contribution in [0, 0.1) is 0 Å². The fourth-order valence-corrected chi connectivity index (χ4v) is 2.33. The van der Waals surface area contributed by atoms with Gasteiger partial charge in [-0.15, -0.1) is 11.3 Å². The smallest absolute Gasteiger partial charge is 0.257 e. The molecule has 5 nitrogen and oxygen atoms in total. The molecule has 0 fully saturated rings. The maximum absolute atomic E-state index is 12.0. The molecule has 0 saturated carbocycles. The number of benzene rings is 1. The molecule has 0 aliphatic heterocycles. The van der Waals surface area contributed by atoms with Crippen LogP contribution in [-0.2, 0) is 11.3 Å². The summed E-state index contributed by atoms with van der Waals surface area (Å²) in [4.78, 5) is 27.2. The molecule has 0 aliphatic carbocycles. The Morgan fingerprint density at radius 2 is 2.00 bits per heavy atom. The Morgan fingerprint density at radius 3 is 2.55 bits per heavy atom. The number of carbonyl (C=O) groups is 2. The topological polar surface area (TPSA) is 68.3 Å². The molecule has 20 heavy (non-hydrogen) atoms. The van der Waals surface area contributed by atoms with E-state index < -0.39 is 0 Å². The Morgan fingerprint density at radius 1 is 1.30 bits per heavy atom. The number of anilines is 1. The van der Waals surface area contributed by atoms with Crippen LogP contribution in [0.4, 0.5) is 5.13 Å². The molecule has 0 aliphatic rings. The van der Waals surface area contributed by atoms with Crippen molar-refractivity contribution in [1.29, 1.82) is 0 Å². The molecule has 2 rings (SSSR count). The average molecular weight is 290 g/mol. The van der Waals surface area contributed by atoms with Gasteiger partial charge in [0.25, 0.3) is 5.91 Å². The molecule has 1 amide bonds. The van der Waals surface area contributed by atoms with Gasteiger partial charge in [-0.2, -0.15) is 0 Å². The summed E-state index contributed by atoms with van der Waals surface area (Å²) >= 11 is 1.23. The number of amides is 1. The van der Waals surface area contributed by atoms with Crippen molar-refractivity contribution in [3.8, 4) is 0 Å². The number of carbonyl (C=O) groups excluding carboxylic acids is 2. The zero-order chi connectivity index (χ0) is 14.5. The zero-order valence-electron chi connectivity index (χ0n) is 11.2. The SMILES string of the molecule is COCc1ccc(C(=O)Nc2nc(C(C)=O)cs2)cc1. The van der Waals surface area contributed by atoms with E-state index in [1.807, 2.05) is 12.1 Å². The van der Waals surface area contributed by atoms with Crippen molar-refractivity contribution in [2.24, 2.45) is 0 Å². The Bertz CT molecular complexity index is 620. The molecule has 1 aromatic carbocycles. The van der Waals surface area contributed by atoms with Gasteiger partial charge in [-0.3, -0.25) is 14.9 Å². The van der Waals surface area contributed by atoms with Gasteiger partial charge in [-0.25, -0.2) is 4.98 Å². The number of nitrogens with zero attached hydrogens (tertiary/aromatic N) is 1. The summed E-state index contributed by atoms with van der Waals surface area (Å²) < 4.78 is 5.01. The molecule has 0 spiro atoms. The molecule has 0 unspecified atom stereocenters. The first-order chi connectivity index (χ1) is 9.60. The van der Waals surface area contributed by atoms with Crippen molar-refractivity contribution < 1.29 is 14.3 Å². The Kier molecular flexibility index (Phi) is 4.60. The third-order valence-electron chi connectivity index (χ3n) is 2.61. The van der Waals surface area contributed by atoms with Crippen LogP contribution >= 0.6 is 11.3 Å². The minimum atomic E-state index is -0.251. The highest BCUT2D eigenvalue weighted by atomic mass is 32.1.